The van der Waals surface area contributed by atoms with E-state index >= 15 is 0 Å². The third-order valence-electron chi connectivity index (χ3n) is 4.27. The molecule has 1 aliphatic heterocycles. The van der Waals surface area contributed by atoms with Crippen LogP contribution in [0.25, 0.3) is 0 Å². The van der Waals surface area contributed by atoms with E-state index in [2.05, 4.69) is 17.1 Å². The monoisotopic (exact) mass is 333 g/mol. The summed E-state index contributed by atoms with van der Waals surface area (Å²) in [5, 5.41) is 5.03. The Morgan fingerprint density at radius 2 is 2.30 bits per heavy atom. The number of likely N-dealkylation sites (tertiary alicyclic amines) is 1. The van der Waals surface area contributed by atoms with Crippen LogP contribution in [0, 0.1) is 13.8 Å². The molecule has 0 N–H and O–H groups in total. The summed E-state index contributed by atoms with van der Waals surface area (Å²) in [4.78, 5) is 20.3. The Morgan fingerprint density at radius 3 is 3.00 bits per heavy atom. The zero-order valence-corrected chi connectivity index (χ0v) is 14.8. The summed E-state index contributed by atoms with van der Waals surface area (Å²) in [6.07, 6.45) is 5.14. The lowest BCUT2D eigenvalue weighted by Crippen LogP contribution is -2.30. The van der Waals surface area contributed by atoms with E-state index in [1.807, 2.05) is 24.8 Å². The van der Waals surface area contributed by atoms with Crippen LogP contribution in [-0.4, -0.2) is 27.5 Å². The summed E-state index contributed by atoms with van der Waals surface area (Å²) in [7, 11) is 0. The van der Waals surface area contributed by atoms with Crippen LogP contribution in [0.15, 0.2) is 10.6 Å². The lowest BCUT2D eigenvalue weighted by molar-refractivity contribution is 0.0718. The van der Waals surface area contributed by atoms with Gasteiger partial charge in [0.05, 0.1) is 22.4 Å². The number of aromatic nitrogens is 2. The van der Waals surface area contributed by atoms with E-state index in [0.29, 0.717) is 0 Å². The highest BCUT2D eigenvalue weighted by Crippen LogP contribution is 2.35. The van der Waals surface area contributed by atoms with Crippen molar-refractivity contribution >= 4 is 17.2 Å². The van der Waals surface area contributed by atoms with Gasteiger partial charge in [0.25, 0.3) is 5.91 Å². The van der Waals surface area contributed by atoms with Crippen molar-refractivity contribution in [2.45, 2.75) is 58.9 Å². The van der Waals surface area contributed by atoms with Crippen LogP contribution >= 0.6 is 11.3 Å². The minimum Gasteiger partial charge on any atom is -0.359 e. The number of amides is 1. The summed E-state index contributed by atoms with van der Waals surface area (Å²) in [6.45, 7) is 6.77. The maximum absolute atomic E-state index is 13.0. The fraction of sp³-hybridized carbons (Fsp3) is 0.588. The lowest BCUT2D eigenvalue weighted by atomic mass is 10.1. The van der Waals surface area contributed by atoms with E-state index < -0.39 is 0 Å². The number of carbonyl (C=O) groups excluding carboxylic acids is 1. The van der Waals surface area contributed by atoms with Gasteiger partial charge in [-0.1, -0.05) is 18.5 Å². The van der Waals surface area contributed by atoms with Gasteiger partial charge in [0.2, 0.25) is 0 Å². The molecule has 0 aliphatic carbocycles. The van der Waals surface area contributed by atoms with E-state index in [-0.39, 0.29) is 11.9 Å². The molecule has 1 fully saturated rings. The Bertz CT molecular complexity index is 692. The molecule has 1 saturated heterocycles. The maximum atomic E-state index is 13.0. The minimum absolute atomic E-state index is 0.00397. The van der Waals surface area contributed by atoms with Gasteiger partial charge in [0.15, 0.2) is 5.76 Å². The lowest BCUT2D eigenvalue weighted by Gasteiger charge is -2.22. The van der Waals surface area contributed by atoms with Gasteiger partial charge in [-0.2, -0.15) is 0 Å². The quantitative estimate of drug-likeness (QED) is 0.827. The van der Waals surface area contributed by atoms with Crippen LogP contribution in [0.2, 0.25) is 0 Å². The van der Waals surface area contributed by atoms with E-state index in [1.54, 1.807) is 11.3 Å². The summed E-state index contributed by atoms with van der Waals surface area (Å²) in [5.41, 5.74) is 1.71. The highest BCUT2D eigenvalue weighted by atomic mass is 32.1. The first kappa shape index (κ1) is 16.2. The van der Waals surface area contributed by atoms with Gasteiger partial charge in [-0.25, -0.2) is 4.98 Å². The Kier molecular flexibility index (Phi) is 4.80. The van der Waals surface area contributed by atoms with E-state index in [4.69, 9.17) is 4.52 Å². The molecule has 1 atom stereocenters. The average Bonchev–Trinajstić information content (AvgIpc) is 3.23. The molecular weight excluding hydrogens is 310 g/mol. The second-order valence-corrected chi connectivity index (χ2v) is 7.24. The molecule has 23 heavy (non-hydrogen) atoms. The van der Waals surface area contributed by atoms with Gasteiger partial charge in [0, 0.05) is 12.6 Å². The van der Waals surface area contributed by atoms with Gasteiger partial charge < -0.3 is 9.42 Å². The zero-order chi connectivity index (χ0) is 16.4. The molecule has 2 aromatic heterocycles. The smallest absolute Gasteiger partial charge is 0.266 e. The first-order valence-electron chi connectivity index (χ1n) is 8.30. The number of carbonyl (C=O) groups is 1. The molecule has 0 spiro atoms. The van der Waals surface area contributed by atoms with Crippen molar-refractivity contribution in [1.82, 2.24) is 15.0 Å². The van der Waals surface area contributed by atoms with Gasteiger partial charge in [0.1, 0.15) is 4.88 Å². The van der Waals surface area contributed by atoms with Crippen molar-refractivity contribution in [2.75, 3.05) is 6.54 Å². The summed E-state index contributed by atoms with van der Waals surface area (Å²) in [5.74, 6) is 0.876. The SMILES string of the molecule is CCCCc1nc(C)c(C(=O)N2CCC[C@H]2c2cc(C)no2)s1. The number of aryl methyl sites for hydroxylation is 3. The van der Waals surface area contributed by atoms with E-state index in [9.17, 15) is 4.79 Å². The summed E-state index contributed by atoms with van der Waals surface area (Å²) < 4.78 is 5.40. The fourth-order valence-corrected chi connectivity index (χ4v) is 4.12. The number of hydrogen-bond donors (Lipinski definition) is 0. The van der Waals surface area contributed by atoms with Gasteiger partial charge in [-0.3, -0.25) is 4.79 Å². The molecule has 0 bridgehead atoms. The molecular formula is C17H23N3O2S. The van der Waals surface area contributed by atoms with Crippen LogP contribution in [0.5, 0.6) is 0 Å². The molecule has 0 saturated carbocycles. The number of thiazole rings is 1. The predicted molar refractivity (Wildman–Crippen MR) is 89.7 cm³/mol. The normalized spacial score (nSPS) is 17.9. The first-order chi connectivity index (χ1) is 11.1. The largest absolute Gasteiger partial charge is 0.359 e. The second-order valence-electron chi connectivity index (χ2n) is 6.15. The standard InChI is InChI=1S/C17H23N3O2S/c1-4-5-8-15-18-12(3)16(23-15)17(21)20-9-6-7-13(20)14-10-11(2)19-22-14/h10,13H,4-9H2,1-3H3/t13-/m0/s1. The first-order valence-corrected chi connectivity index (χ1v) is 9.12. The van der Waals surface area contributed by atoms with Gasteiger partial charge in [-0.15, -0.1) is 11.3 Å². The van der Waals surface area contributed by atoms with Crippen LogP contribution in [0.1, 0.15) is 70.5 Å². The Morgan fingerprint density at radius 1 is 1.48 bits per heavy atom. The van der Waals surface area contributed by atoms with Crippen molar-refractivity contribution in [2.24, 2.45) is 0 Å². The summed E-state index contributed by atoms with van der Waals surface area (Å²) in [6, 6.07) is 1.94. The zero-order valence-electron chi connectivity index (χ0n) is 14.0. The Labute approximate surface area is 140 Å². The van der Waals surface area contributed by atoms with Crippen LogP contribution in [-0.2, 0) is 6.42 Å². The van der Waals surface area contributed by atoms with Crippen molar-refractivity contribution in [3.63, 3.8) is 0 Å². The molecule has 5 nitrogen and oxygen atoms in total. The third-order valence-corrected chi connectivity index (χ3v) is 5.47. The van der Waals surface area contributed by atoms with Crippen LogP contribution < -0.4 is 0 Å². The number of rotatable bonds is 5. The fourth-order valence-electron chi connectivity index (χ4n) is 3.06. The molecule has 0 unspecified atom stereocenters. The van der Waals surface area contributed by atoms with Crippen LogP contribution in [0.3, 0.4) is 0 Å². The molecule has 3 heterocycles. The minimum atomic E-state index is 0.00397. The highest BCUT2D eigenvalue weighted by molar-refractivity contribution is 7.13. The van der Waals surface area contributed by atoms with Crippen molar-refractivity contribution in [3.8, 4) is 0 Å². The Balaban J connectivity index is 1.80. The topological polar surface area (TPSA) is 59.2 Å². The molecule has 124 valence electrons. The summed E-state index contributed by atoms with van der Waals surface area (Å²) >= 11 is 1.55. The maximum Gasteiger partial charge on any atom is 0.266 e. The molecule has 6 heteroatoms. The number of hydrogen-bond acceptors (Lipinski definition) is 5. The van der Waals surface area contributed by atoms with Gasteiger partial charge in [-0.05, 0) is 39.5 Å². The number of unbranched alkanes of at least 4 members (excludes halogenated alkanes) is 1. The van der Waals surface area contributed by atoms with E-state index in [0.717, 1.165) is 65.7 Å². The third kappa shape index (κ3) is 3.32. The van der Waals surface area contributed by atoms with Crippen LogP contribution in [0.4, 0.5) is 0 Å². The van der Waals surface area contributed by atoms with Gasteiger partial charge >= 0.3 is 0 Å². The van der Waals surface area contributed by atoms with E-state index in [1.165, 1.54) is 0 Å². The second kappa shape index (κ2) is 6.83. The average molecular weight is 333 g/mol. The molecule has 0 aromatic carbocycles. The van der Waals surface area contributed by atoms with Crippen molar-refractivity contribution in [3.05, 3.63) is 33.1 Å². The molecule has 2 aromatic rings. The number of nitrogens with zero attached hydrogens (tertiary/aromatic N) is 3. The van der Waals surface area contributed by atoms with Crippen molar-refractivity contribution in [1.29, 1.82) is 0 Å². The molecule has 1 amide bonds. The highest BCUT2D eigenvalue weighted by Gasteiger charge is 2.34. The van der Waals surface area contributed by atoms with Crippen molar-refractivity contribution < 1.29 is 9.32 Å². The molecule has 0 radical (unpaired) electrons. The predicted octanol–water partition coefficient (Wildman–Crippen LogP) is 4.07. The molecule has 1 aliphatic rings. The molecule has 3 rings (SSSR count). The Hall–Kier alpha value is -1.69.